The molecule has 1 N–H and O–H groups in total. The quantitative estimate of drug-likeness (QED) is 0.319. The summed E-state index contributed by atoms with van der Waals surface area (Å²) in [6.07, 6.45) is 0. The summed E-state index contributed by atoms with van der Waals surface area (Å²) in [6.45, 7) is 3.41. The summed E-state index contributed by atoms with van der Waals surface area (Å²) in [6, 6.07) is 26.8. The van der Waals surface area contributed by atoms with Gasteiger partial charge in [0.25, 0.3) is 10.0 Å². The first-order valence-electron chi connectivity index (χ1n) is 11.2. The van der Waals surface area contributed by atoms with Crippen molar-refractivity contribution < 1.29 is 17.6 Å². The normalized spacial score (nSPS) is 11.6. The minimum atomic E-state index is -3.97. The molecule has 0 aliphatic rings. The van der Waals surface area contributed by atoms with Crippen molar-refractivity contribution >= 4 is 49.2 Å². The molecule has 35 heavy (non-hydrogen) atoms. The Kier molecular flexibility index (Phi) is 5.78. The number of aryl methyl sites for hydroxylation is 2. The van der Waals surface area contributed by atoms with Gasteiger partial charge in [-0.3, -0.25) is 9.10 Å². The highest BCUT2D eigenvalue weighted by Crippen LogP contribution is 2.31. The molecule has 1 aromatic heterocycles. The fourth-order valence-corrected chi connectivity index (χ4v) is 5.69. The Morgan fingerprint density at radius 3 is 2.20 bits per heavy atom. The molecule has 0 aliphatic heterocycles. The number of benzene rings is 4. The Bertz CT molecular complexity index is 1640. The minimum Gasteiger partial charge on any atom is -0.456 e. The predicted molar refractivity (Wildman–Crippen MR) is 139 cm³/mol. The predicted octanol–water partition coefficient (Wildman–Crippen LogP) is 6.04. The standard InChI is InChI=1S/C28H24N2O4S/c1-19-14-20(2)16-22(15-19)30(35(32,33)23-8-4-3-5-9-23)18-28(31)29-21-12-13-25-24-10-6-7-11-26(24)34-27(25)17-21/h3-17H,18H2,1-2H3,(H,29,31). The van der Waals surface area contributed by atoms with E-state index in [2.05, 4.69) is 5.32 Å². The monoisotopic (exact) mass is 484 g/mol. The fourth-order valence-electron chi connectivity index (χ4n) is 4.26. The maximum Gasteiger partial charge on any atom is 0.264 e. The van der Waals surface area contributed by atoms with E-state index in [4.69, 9.17) is 4.42 Å². The molecule has 1 heterocycles. The van der Waals surface area contributed by atoms with Crippen LogP contribution in [0.5, 0.6) is 0 Å². The van der Waals surface area contributed by atoms with E-state index in [1.807, 2.05) is 50.2 Å². The summed E-state index contributed by atoms with van der Waals surface area (Å²) in [5, 5.41) is 4.77. The number of sulfonamides is 1. The number of anilines is 2. The second kappa shape index (κ2) is 8.92. The van der Waals surface area contributed by atoms with Crippen LogP contribution in [-0.2, 0) is 14.8 Å². The molecule has 0 atom stereocenters. The smallest absolute Gasteiger partial charge is 0.264 e. The summed E-state index contributed by atoms with van der Waals surface area (Å²) < 4.78 is 34.2. The van der Waals surface area contributed by atoms with Crippen LogP contribution in [0.1, 0.15) is 11.1 Å². The third kappa shape index (κ3) is 4.50. The second-order valence-electron chi connectivity index (χ2n) is 8.53. The summed E-state index contributed by atoms with van der Waals surface area (Å²) in [4.78, 5) is 13.2. The Morgan fingerprint density at radius 2 is 1.46 bits per heavy atom. The molecule has 4 aromatic carbocycles. The first-order valence-corrected chi connectivity index (χ1v) is 12.6. The zero-order chi connectivity index (χ0) is 24.6. The van der Waals surface area contributed by atoms with Crippen molar-refractivity contribution in [1.29, 1.82) is 0 Å². The number of nitrogens with one attached hydrogen (secondary N) is 1. The molecule has 0 saturated heterocycles. The number of hydrogen-bond donors (Lipinski definition) is 1. The van der Waals surface area contributed by atoms with Crippen LogP contribution in [0.3, 0.4) is 0 Å². The summed E-state index contributed by atoms with van der Waals surface area (Å²) in [5.41, 5.74) is 4.19. The minimum absolute atomic E-state index is 0.121. The van der Waals surface area contributed by atoms with Gasteiger partial charge < -0.3 is 9.73 Å². The van der Waals surface area contributed by atoms with Gasteiger partial charge in [0.1, 0.15) is 17.7 Å². The van der Waals surface area contributed by atoms with Crippen LogP contribution in [0.25, 0.3) is 21.9 Å². The molecular weight excluding hydrogens is 460 g/mol. The highest BCUT2D eigenvalue weighted by atomic mass is 32.2. The van der Waals surface area contributed by atoms with Crippen LogP contribution in [0, 0.1) is 13.8 Å². The van der Waals surface area contributed by atoms with Crippen LogP contribution < -0.4 is 9.62 Å². The Hall–Kier alpha value is -4.10. The maximum absolute atomic E-state index is 13.5. The van der Waals surface area contributed by atoms with Crippen molar-refractivity contribution in [3.8, 4) is 0 Å². The molecule has 0 unspecified atom stereocenters. The van der Waals surface area contributed by atoms with Crippen LogP contribution in [0.15, 0.2) is 100 Å². The van der Waals surface area contributed by atoms with Crippen molar-refractivity contribution in [2.24, 2.45) is 0 Å². The number of furan rings is 1. The third-order valence-corrected chi connectivity index (χ3v) is 7.56. The maximum atomic E-state index is 13.5. The molecular formula is C28H24N2O4S. The number of fused-ring (bicyclic) bond motifs is 3. The van der Waals surface area contributed by atoms with E-state index in [0.29, 0.717) is 17.0 Å². The molecule has 1 amide bonds. The lowest BCUT2D eigenvalue weighted by Gasteiger charge is -2.25. The molecule has 0 aliphatic carbocycles. The van der Waals surface area contributed by atoms with Crippen LogP contribution in [-0.4, -0.2) is 20.9 Å². The van der Waals surface area contributed by atoms with Gasteiger partial charge in [0.05, 0.1) is 10.6 Å². The molecule has 0 saturated carbocycles. The largest absolute Gasteiger partial charge is 0.456 e. The van der Waals surface area contributed by atoms with E-state index in [-0.39, 0.29) is 11.4 Å². The number of para-hydroxylation sites is 1. The van der Waals surface area contributed by atoms with Crippen molar-refractivity contribution in [3.63, 3.8) is 0 Å². The lowest BCUT2D eigenvalue weighted by atomic mass is 10.1. The van der Waals surface area contributed by atoms with Gasteiger partial charge in [0.2, 0.25) is 5.91 Å². The van der Waals surface area contributed by atoms with Crippen LogP contribution >= 0.6 is 0 Å². The van der Waals surface area contributed by atoms with Gasteiger partial charge in [-0.1, -0.05) is 42.5 Å². The van der Waals surface area contributed by atoms with Gasteiger partial charge in [-0.15, -0.1) is 0 Å². The van der Waals surface area contributed by atoms with Crippen molar-refractivity contribution in [2.45, 2.75) is 18.7 Å². The van der Waals surface area contributed by atoms with E-state index >= 15 is 0 Å². The number of hydrogen-bond acceptors (Lipinski definition) is 4. The SMILES string of the molecule is Cc1cc(C)cc(N(CC(=O)Nc2ccc3c(c2)oc2ccccc23)S(=O)(=O)c2ccccc2)c1. The lowest BCUT2D eigenvalue weighted by Crippen LogP contribution is -2.38. The molecule has 0 radical (unpaired) electrons. The zero-order valence-corrected chi connectivity index (χ0v) is 20.2. The van der Waals surface area contributed by atoms with Gasteiger partial charge in [-0.05, 0) is 67.4 Å². The highest BCUT2D eigenvalue weighted by Gasteiger charge is 2.27. The van der Waals surface area contributed by atoms with Crippen molar-refractivity contribution in [2.75, 3.05) is 16.2 Å². The Balaban J connectivity index is 1.47. The lowest BCUT2D eigenvalue weighted by molar-refractivity contribution is -0.114. The summed E-state index contributed by atoms with van der Waals surface area (Å²) in [7, 11) is -3.97. The van der Waals surface area contributed by atoms with E-state index in [9.17, 15) is 13.2 Å². The van der Waals surface area contributed by atoms with Gasteiger partial charge in [0, 0.05) is 22.5 Å². The number of carbonyl (C=O) groups is 1. The summed E-state index contributed by atoms with van der Waals surface area (Å²) >= 11 is 0. The van der Waals surface area contributed by atoms with E-state index in [1.165, 1.54) is 12.1 Å². The topological polar surface area (TPSA) is 79.6 Å². The third-order valence-electron chi connectivity index (χ3n) is 5.78. The first-order chi connectivity index (χ1) is 16.8. The molecule has 176 valence electrons. The number of carbonyl (C=O) groups excluding carboxylic acids is 1. The number of rotatable bonds is 6. The van der Waals surface area contributed by atoms with E-state index in [1.54, 1.807) is 42.5 Å². The molecule has 0 bridgehead atoms. The van der Waals surface area contributed by atoms with Gasteiger partial charge >= 0.3 is 0 Å². The molecule has 5 rings (SSSR count). The van der Waals surface area contributed by atoms with Gasteiger partial charge in [-0.2, -0.15) is 0 Å². The number of nitrogens with zero attached hydrogens (tertiary/aromatic N) is 1. The first kappa shape index (κ1) is 22.7. The Morgan fingerprint density at radius 1 is 0.800 bits per heavy atom. The van der Waals surface area contributed by atoms with Gasteiger partial charge in [0.15, 0.2) is 0 Å². The fraction of sp³-hybridized carbons (Fsp3) is 0.107. The van der Waals surface area contributed by atoms with E-state index < -0.39 is 15.9 Å². The highest BCUT2D eigenvalue weighted by molar-refractivity contribution is 7.92. The second-order valence-corrected chi connectivity index (χ2v) is 10.4. The molecule has 5 aromatic rings. The molecule has 6 nitrogen and oxygen atoms in total. The van der Waals surface area contributed by atoms with Crippen molar-refractivity contribution in [1.82, 2.24) is 0 Å². The van der Waals surface area contributed by atoms with Gasteiger partial charge in [-0.25, -0.2) is 8.42 Å². The molecule has 0 spiro atoms. The molecule has 0 fully saturated rings. The van der Waals surface area contributed by atoms with Crippen LogP contribution in [0.4, 0.5) is 11.4 Å². The summed E-state index contributed by atoms with van der Waals surface area (Å²) in [5.74, 6) is -0.459. The molecule has 7 heteroatoms. The van der Waals surface area contributed by atoms with E-state index in [0.717, 1.165) is 31.8 Å². The van der Waals surface area contributed by atoms with Crippen LogP contribution in [0.2, 0.25) is 0 Å². The average molecular weight is 485 g/mol. The zero-order valence-electron chi connectivity index (χ0n) is 19.4. The Labute approximate surface area is 203 Å². The average Bonchev–Trinajstić information content (AvgIpc) is 3.20. The number of amides is 1. The van der Waals surface area contributed by atoms with Crippen molar-refractivity contribution in [3.05, 3.63) is 102 Å².